The summed E-state index contributed by atoms with van der Waals surface area (Å²) < 4.78 is 37.4. The van der Waals surface area contributed by atoms with E-state index in [1.54, 1.807) is 0 Å². The number of pyridine rings is 1. The maximum absolute atomic E-state index is 12.5. The van der Waals surface area contributed by atoms with Gasteiger partial charge in [-0.3, -0.25) is 4.79 Å². The smallest absolute Gasteiger partial charge is 0.471 e. The Morgan fingerprint density at radius 2 is 2.05 bits per heavy atom. The Kier molecular flexibility index (Phi) is 3.17. The van der Waals surface area contributed by atoms with Crippen LogP contribution < -0.4 is 4.90 Å². The number of halogens is 3. The number of alkyl halides is 3. The summed E-state index contributed by atoms with van der Waals surface area (Å²) in [6.45, 7) is -0.0889. The SMILES string of the molecule is O=C(O)c1nccc2c1CCCN2C(=O)C(F)(F)F. The van der Waals surface area contributed by atoms with E-state index in [-0.39, 0.29) is 36.3 Å². The number of aromatic carboxylic acids is 1. The third-order valence-corrected chi connectivity index (χ3v) is 2.82. The maximum Gasteiger partial charge on any atom is 0.471 e. The third-order valence-electron chi connectivity index (χ3n) is 2.82. The van der Waals surface area contributed by atoms with Crippen molar-refractivity contribution in [1.29, 1.82) is 0 Å². The molecular formula is C11H9F3N2O3. The lowest BCUT2D eigenvalue weighted by Crippen LogP contribution is -2.44. The van der Waals surface area contributed by atoms with E-state index in [9.17, 15) is 22.8 Å². The largest absolute Gasteiger partial charge is 0.477 e. The number of nitrogens with zero attached hydrogens (tertiary/aromatic N) is 2. The molecule has 19 heavy (non-hydrogen) atoms. The molecule has 1 aromatic heterocycles. The molecule has 1 amide bonds. The zero-order chi connectivity index (χ0) is 14.2. The van der Waals surface area contributed by atoms with Gasteiger partial charge in [-0.05, 0) is 18.9 Å². The van der Waals surface area contributed by atoms with Crippen molar-refractivity contribution >= 4 is 17.6 Å². The lowest BCUT2D eigenvalue weighted by molar-refractivity contribution is -0.170. The van der Waals surface area contributed by atoms with Crippen molar-refractivity contribution in [3.05, 3.63) is 23.5 Å². The van der Waals surface area contributed by atoms with Crippen molar-refractivity contribution in [2.24, 2.45) is 0 Å². The minimum absolute atomic E-state index is 0.0269. The number of fused-ring (bicyclic) bond motifs is 1. The van der Waals surface area contributed by atoms with Crippen LogP contribution in [0.15, 0.2) is 12.3 Å². The van der Waals surface area contributed by atoms with Crippen molar-refractivity contribution in [1.82, 2.24) is 4.98 Å². The van der Waals surface area contributed by atoms with Crippen LogP contribution in [0, 0.1) is 0 Å². The number of amides is 1. The van der Waals surface area contributed by atoms with Crippen LogP contribution in [0.5, 0.6) is 0 Å². The highest BCUT2D eigenvalue weighted by Gasteiger charge is 2.44. The first kappa shape index (κ1) is 13.3. The molecule has 0 radical (unpaired) electrons. The van der Waals surface area contributed by atoms with Gasteiger partial charge < -0.3 is 10.0 Å². The van der Waals surface area contributed by atoms with Gasteiger partial charge in [0, 0.05) is 18.3 Å². The monoisotopic (exact) mass is 274 g/mol. The van der Waals surface area contributed by atoms with E-state index in [2.05, 4.69) is 4.98 Å². The molecule has 1 aliphatic rings. The summed E-state index contributed by atoms with van der Waals surface area (Å²) in [7, 11) is 0. The highest BCUT2D eigenvalue weighted by atomic mass is 19.4. The topological polar surface area (TPSA) is 70.5 Å². The van der Waals surface area contributed by atoms with Crippen LogP contribution >= 0.6 is 0 Å². The molecule has 2 heterocycles. The number of carbonyl (C=O) groups is 2. The highest BCUT2D eigenvalue weighted by molar-refractivity contribution is 6.00. The van der Waals surface area contributed by atoms with Crippen molar-refractivity contribution in [2.75, 3.05) is 11.4 Å². The summed E-state index contributed by atoms with van der Waals surface area (Å²) >= 11 is 0. The van der Waals surface area contributed by atoms with Crippen molar-refractivity contribution < 1.29 is 27.9 Å². The normalized spacial score (nSPS) is 15.0. The Morgan fingerprint density at radius 1 is 1.37 bits per heavy atom. The van der Waals surface area contributed by atoms with Gasteiger partial charge in [0.05, 0.1) is 5.69 Å². The Hall–Kier alpha value is -2.12. The molecule has 0 aromatic carbocycles. The zero-order valence-corrected chi connectivity index (χ0v) is 9.57. The summed E-state index contributed by atoms with van der Waals surface area (Å²) in [6.07, 6.45) is -3.35. The Morgan fingerprint density at radius 3 is 2.63 bits per heavy atom. The van der Waals surface area contributed by atoms with Crippen LogP contribution in [0.1, 0.15) is 22.5 Å². The Balaban J connectivity index is 2.49. The van der Waals surface area contributed by atoms with Crippen molar-refractivity contribution in [3.8, 4) is 0 Å². The van der Waals surface area contributed by atoms with Gasteiger partial charge in [-0.1, -0.05) is 0 Å². The molecule has 1 aromatic rings. The van der Waals surface area contributed by atoms with Gasteiger partial charge in [-0.15, -0.1) is 0 Å². The molecule has 0 atom stereocenters. The molecule has 0 fully saturated rings. The second kappa shape index (κ2) is 4.52. The molecular weight excluding hydrogens is 265 g/mol. The standard InChI is InChI=1S/C11H9F3N2O3/c12-11(13,14)10(19)16-5-1-2-6-7(16)3-4-15-8(6)9(17)18/h3-4H,1-2,5H2,(H,17,18). The molecule has 0 spiro atoms. The van der Waals surface area contributed by atoms with E-state index in [0.717, 1.165) is 6.20 Å². The average Bonchev–Trinajstić information content (AvgIpc) is 2.35. The number of carboxylic acid groups (broad SMARTS) is 1. The predicted molar refractivity (Wildman–Crippen MR) is 57.9 cm³/mol. The quantitative estimate of drug-likeness (QED) is 0.844. The molecule has 8 heteroatoms. The second-order valence-electron chi connectivity index (χ2n) is 4.02. The molecule has 102 valence electrons. The minimum atomic E-state index is -4.98. The number of carboxylic acids is 1. The fraction of sp³-hybridized carbons (Fsp3) is 0.364. The molecule has 0 saturated carbocycles. The van der Waals surface area contributed by atoms with Crippen LogP contribution in [-0.4, -0.2) is 34.7 Å². The molecule has 2 rings (SSSR count). The van der Waals surface area contributed by atoms with Crippen LogP contribution in [0.4, 0.5) is 18.9 Å². The number of carbonyl (C=O) groups excluding carboxylic acids is 1. The summed E-state index contributed by atoms with van der Waals surface area (Å²) in [5.41, 5.74) is -0.169. The Bertz CT molecular complexity index is 542. The lowest BCUT2D eigenvalue weighted by Gasteiger charge is -2.30. The second-order valence-corrected chi connectivity index (χ2v) is 4.02. The first-order chi connectivity index (χ1) is 8.82. The summed E-state index contributed by atoms with van der Waals surface area (Å²) in [5, 5.41) is 8.94. The molecule has 1 N–H and O–H groups in total. The van der Waals surface area contributed by atoms with Crippen LogP contribution in [0.25, 0.3) is 0 Å². The predicted octanol–water partition coefficient (Wildman–Crippen LogP) is 1.62. The Labute approximate surface area is 105 Å². The fourth-order valence-electron chi connectivity index (χ4n) is 2.06. The van der Waals surface area contributed by atoms with Gasteiger partial charge in [0.15, 0.2) is 5.69 Å². The summed E-state index contributed by atoms with van der Waals surface area (Å²) in [4.78, 5) is 26.4. The van der Waals surface area contributed by atoms with E-state index in [0.29, 0.717) is 4.90 Å². The van der Waals surface area contributed by atoms with Crippen molar-refractivity contribution in [2.45, 2.75) is 19.0 Å². The molecule has 0 unspecified atom stereocenters. The van der Waals surface area contributed by atoms with Gasteiger partial charge in [0.25, 0.3) is 0 Å². The number of aromatic nitrogens is 1. The zero-order valence-electron chi connectivity index (χ0n) is 9.57. The molecule has 5 nitrogen and oxygen atoms in total. The van der Waals surface area contributed by atoms with E-state index in [4.69, 9.17) is 5.11 Å². The van der Waals surface area contributed by atoms with Crippen molar-refractivity contribution in [3.63, 3.8) is 0 Å². The number of hydrogen-bond acceptors (Lipinski definition) is 3. The molecule has 0 saturated heterocycles. The lowest BCUT2D eigenvalue weighted by atomic mass is 10.00. The molecule has 1 aliphatic heterocycles. The van der Waals surface area contributed by atoms with Gasteiger partial charge in [0.1, 0.15) is 0 Å². The highest BCUT2D eigenvalue weighted by Crippen LogP contribution is 2.32. The van der Waals surface area contributed by atoms with Gasteiger partial charge in [-0.25, -0.2) is 9.78 Å². The van der Waals surface area contributed by atoms with Crippen LogP contribution in [0.3, 0.4) is 0 Å². The maximum atomic E-state index is 12.5. The van der Waals surface area contributed by atoms with Gasteiger partial charge in [-0.2, -0.15) is 13.2 Å². The number of rotatable bonds is 1. The average molecular weight is 274 g/mol. The third kappa shape index (κ3) is 2.38. The molecule has 0 bridgehead atoms. The van der Waals surface area contributed by atoms with Gasteiger partial charge in [0.2, 0.25) is 0 Å². The van der Waals surface area contributed by atoms with E-state index < -0.39 is 18.1 Å². The van der Waals surface area contributed by atoms with Crippen LogP contribution in [0.2, 0.25) is 0 Å². The van der Waals surface area contributed by atoms with E-state index in [1.165, 1.54) is 6.07 Å². The summed E-state index contributed by atoms with van der Waals surface area (Å²) in [5.74, 6) is -3.31. The first-order valence-corrected chi connectivity index (χ1v) is 5.42. The summed E-state index contributed by atoms with van der Waals surface area (Å²) in [6, 6.07) is 1.23. The van der Waals surface area contributed by atoms with E-state index >= 15 is 0 Å². The van der Waals surface area contributed by atoms with E-state index in [1.807, 2.05) is 0 Å². The molecule has 0 aliphatic carbocycles. The van der Waals surface area contributed by atoms with Crippen LogP contribution in [-0.2, 0) is 11.2 Å². The first-order valence-electron chi connectivity index (χ1n) is 5.42. The number of anilines is 1. The number of hydrogen-bond donors (Lipinski definition) is 1. The fourth-order valence-corrected chi connectivity index (χ4v) is 2.06. The minimum Gasteiger partial charge on any atom is -0.477 e. The van der Waals surface area contributed by atoms with Gasteiger partial charge >= 0.3 is 18.1 Å².